The standard InChI is InChI=1S/C8H4N2S/c9-3-7-5-10-4-6-1-2-11-8(6)7/h1-2,4-5H. The molecule has 0 atom stereocenters. The van der Waals surface area contributed by atoms with Gasteiger partial charge < -0.3 is 0 Å². The van der Waals surface area contributed by atoms with Crippen LogP contribution in [0.4, 0.5) is 0 Å². The minimum Gasteiger partial charge on any atom is -0.263 e. The Hall–Kier alpha value is -1.40. The molecule has 3 heteroatoms. The Morgan fingerprint density at radius 1 is 1.45 bits per heavy atom. The molecule has 2 heterocycles. The van der Waals surface area contributed by atoms with E-state index in [1.54, 1.807) is 23.7 Å². The van der Waals surface area contributed by atoms with Gasteiger partial charge in [0.05, 0.1) is 10.3 Å². The van der Waals surface area contributed by atoms with Gasteiger partial charge in [0, 0.05) is 17.8 Å². The molecular formula is C8H4N2S. The Bertz CT molecular complexity index is 425. The molecule has 0 spiro atoms. The first-order valence-electron chi connectivity index (χ1n) is 3.13. The van der Waals surface area contributed by atoms with Crippen molar-refractivity contribution in [2.75, 3.05) is 0 Å². The molecule has 0 unspecified atom stereocenters. The zero-order valence-corrected chi connectivity index (χ0v) is 6.43. The maximum Gasteiger partial charge on any atom is 0.102 e. The number of fused-ring (bicyclic) bond motifs is 1. The van der Waals surface area contributed by atoms with Crippen molar-refractivity contribution in [2.45, 2.75) is 0 Å². The Morgan fingerprint density at radius 2 is 2.36 bits per heavy atom. The van der Waals surface area contributed by atoms with Crippen LogP contribution in [0.5, 0.6) is 0 Å². The number of hydrogen-bond donors (Lipinski definition) is 0. The Labute approximate surface area is 67.7 Å². The van der Waals surface area contributed by atoms with Gasteiger partial charge in [-0.1, -0.05) is 0 Å². The number of rotatable bonds is 0. The fourth-order valence-electron chi connectivity index (χ4n) is 0.970. The molecule has 0 aliphatic carbocycles. The molecule has 2 aromatic rings. The van der Waals surface area contributed by atoms with Gasteiger partial charge in [-0.05, 0) is 11.4 Å². The van der Waals surface area contributed by atoms with E-state index in [0.717, 1.165) is 10.1 Å². The summed E-state index contributed by atoms with van der Waals surface area (Å²) in [6.07, 6.45) is 3.37. The number of nitrogens with zero attached hydrogens (tertiary/aromatic N) is 2. The van der Waals surface area contributed by atoms with Gasteiger partial charge in [0.25, 0.3) is 0 Å². The summed E-state index contributed by atoms with van der Waals surface area (Å²) in [6, 6.07) is 4.07. The molecule has 0 amide bonds. The van der Waals surface area contributed by atoms with Gasteiger partial charge >= 0.3 is 0 Å². The van der Waals surface area contributed by atoms with E-state index in [-0.39, 0.29) is 0 Å². The minimum atomic E-state index is 0.664. The topological polar surface area (TPSA) is 36.7 Å². The van der Waals surface area contributed by atoms with Gasteiger partial charge in [-0.3, -0.25) is 4.98 Å². The molecule has 2 nitrogen and oxygen atoms in total. The van der Waals surface area contributed by atoms with Gasteiger partial charge in [0.15, 0.2) is 0 Å². The average molecular weight is 160 g/mol. The van der Waals surface area contributed by atoms with Crippen LogP contribution in [-0.2, 0) is 0 Å². The first-order chi connectivity index (χ1) is 5.42. The fraction of sp³-hybridized carbons (Fsp3) is 0. The van der Waals surface area contributed by atoms with Crippen molar-refractivity contribution >= 4 is 21.4 Å². The first-order valence-corrected chi connectivity index (χ1v) is 4.01. The molecule has 0 saturated carbocycles. The predicted octanol–water partition coefficient (Wildman–Crippen LogP) is 2.17. The van der Waals surface area contributed by atoms with E-state index in [2.05, 4.69) is 11.1 Å². The van der Waals surface area contributed by atoms with Crippen LogP contribution in [0.15, 0.2) is 23.8 Å². The van der Waals surface area contributed by atoms with E-state index in [9.17, 15) is 0 Å². The van der Waals surface area contributed by atoms with Crippen molar-refractivity contribution in [3.63, 3.8) is 0 Å². The second-order valence-electron chi connectivity index (χ2n) is 2.14. The van der Waals surface area contributed by atoms with E-state index < -0.39 is 0 Å². The third-order valence-electron chi connectivity index (χ3n) is 1.48. The van der Waals surface area contributed by atoms with Crippen LogP contribution in [0, 0.1) is 11.3 Å². The van der Waals surface area contributed by atoms with Gasteiger partial charge in [-0.2, -0.15) is 5.26 Å². The highest BCUT2D eigenvalue weighted by atomic mass is 32.1. The van der Waals surface area contributed by atoms with Gasteiger partial charge in [-0.15, -0.1) is 11.3 Å². The maximum absolute atomic E-state index is 8.67. The van der Waals surface area contributed by atoms with Gasteiger partial charge in [-0.25, -0.2) is 0 Å². The summed E-state index contributed by atoms with van der Waals surface area (Å²) >= 11 is 1.58. The van der Waals surface area contributed by atoms with Crippen LogP contribution < -0.4 is 0 Å². The molecular weight excluding hydrogens is 156 g/mol. The summed E-state index contributed by atoms with van der Waals surface area (Å²) < 4.78 is 1.03. The molecule has 52 valence electrons. The van der Waals surface area contributed by atoms with Crippen molar-refractivity contribution < 1.29 is 0 Å². The summed E-state index contributed by atoms with van der Waals surface area (Å²) in [6.45, 7) is 0. The van der Waals surface area contributed by atoms with E-state index in [1.165, 1.54) is 0 Å². The average Bonchev–Trinajstić information content (AvgIpc) is 2.50. The maximum atomic E-state index is 8.67. The Kier molecular flexibility index (Phi) is 1.34. The molecule has 11 heavy (non-hydrogen) atoms. The van der Waals surface area contributed by atoms with Crippen molar-refractivity contribution in [3.05, 3.63) is 29.4 Å². The molecule has 0 aliphatic rings. The summed E-state index contributed by atoms with van der Waals surface area (Å²) in [5, 5.41) is 11.7. The highest BCUT2D eigenvalue weighted by molar-refractivity contribution is 7.17. The monoisotopic (exact) mass is 160 g/mol. The number of pyridine rings is 1. The van der Waals surface area contributed by atoms with E-state index in [1.807, 2.05) is 11.4 Å². The summed E-state index contributed by atoms with van der Waals surface area (Å²) in [5.41, 5.74) is 0.664. The summed E-state index contributed by atoms with van der Waals surface area (Å²) in [4.78, 5) is 3.94. The van der Waals surface area contributed by atoms with Crippen LogP contribution in [0.1, 0.15) is 5.56 Å². The summed E-state index contributed by atoms with van der Waals surface area (Å²) in [7, 11) is 0. The zero-order chi connectivity index (χ0) is 7.68. The highest BCUT2D eigenvalue weighted by Gasteiger charge is 1.99. The van der Waals surface area contributed by atoms with Crippen LogP contribution in [0.2, 0.25) is 0 Å². The van der Waals surface area contributed by atoms with Gasteiger partial charge in [0.2, 0.25) is 0 Å². The van der Waals surface area contributed by atoms with Crippen LogP contribution in [0.3, 0.4) is 0 Å². The molecule has 0 saturated heterocycles. The minimum absolute atomic E-state index is 0.664. The molecule has 0 radical (unpaired) electrons. The zero-order valence-electron chi connectivity index (χ0n) is 5.61. The van der Waals surface area contributed by atoms with Crippen LogP contribution in [-0.4, -0.2) is 4.98 Å². The van der Waals surface area contributed by atoms with Crippen LogP contribution >= 0.6 is 11.3 Å². The van der Waals surface area contributed by atoms with E-state index >= 15 is 0 Å². The Balaban J connectivity index is 2.92. The van der Waals surface area contributed by atoms with Gasteiger partial charge in [0.1, 0.15) is 6.07 Å². The van der Waals surface area contributed by atoms with Crippen LogP contribution in [0.25, 0.3) is 10.1 Å². The number of nitriles is 1. The molecule has 2 rings (SSSR count). The third-order valence-corrected chi connectivity index (χ3v) is 2.44. The number of aromatic nitrogens is 1. The third kappa shape index (κ3) is 0.883. The summed E-state index contributed by atoms with van der Waals surface area (Å²) in [5.74, 6) is 0. The van der Waals surface area contributed by atoms with Crippen molar-refractivity contribution in [3.8, 4) is 6.07 Å². The molecule has 0 aromatic carbocycles. The van der Waals surface area contributed by atoms with Crippen molar-refractivity contribution in [1.82, 2.24) is 4.98 Å². The highest BCUT2D eigenvalue weighted by Crippen LogP contribution is 2.22. The smallest absolute Gasteiger partial charge is 0.102 e. The Morgan fingerprint density at radius 3 is 3.18 bits per heavy atom. The second kappa shape index (κ2) is 2.33. The normalized spacial score (nSPS) is 9.73. The lowest BCUT2D eigenvalue weighted by Crippen LogP contribution is -1.75. The molecule has 0 fully saturated rings. The molecule has 0 N–H and O–H groups in total. The second-order valence-corrected chi connectivity index (χ2v) is 3.05. The lowest BCUT2D eigenvalue weighted by atomic mass is 10.2. The number of hydrogen-bond acceptors (Lipinski definition) is 3. The van der Waals surface area contributed by atoms with E-state index in [0.29, 0.717) is 5.56 Å². The lowest BCUT2D eigenvalue weighted by Gasteiger charge is -1.88. The van der Waals surface area contributed by atoms with Crippen molar-refractivity contribution in [2.24, 2.45) is 0 Å². The lowest BCUT2D eigenvalue weighted by molar-refractivity contribution is 1.34. The fourth-order valence-corrected chi connectivity index (χ4v) is 1.80. The molecule has 0 aliphatic heterocycles. The first kappa shape index (κ1) is 6.32. The molecule has 0 bridgehead atoms. The van der Waals surface area contributed by atoms with E-state index in [4.69, 9.17) is 5.26 Å². The molecule has 2 aromatic heterocycles. The van der Waals surface area contributed by atoms with Crippen molar-refractivity contribution in [1.29, 1.82) is 5.26 Å². The largest absolute Gasteiger partial charge is 0.263 e. The SMILES string of the molecule is N#Cc1cncc2ccsc12. The predicted molar refractivity (Wildman–Crippen MR) is 44.3 cm³/mol. The number of thiophene rings is 1. The quantitative estimate of drug-likeness (QED) is 0.592.